The van der Waals surface area contributed by atoms with Crippen LogP contribution in [0.15, 0.2) is 98.3 Å². The molecule has 1 aliphatic heterocycles. The maximum atomic E-state index is 13.3. The number of fused-ring (bicyclic) bond motifs is 1. The van der Waals surface area contributed by atoms with Crippen LogP contribution in [-0.4, -0.2) is 16.9 Å². The van der Waals surface area contributed by atoms with E-state index in [9.17, 15) is 14.4 Å². The van der Waals surface area contributed by atoms with Crippen molar-refractivity contribution in [2.45, 2.75) is 0 Å². The van der Waals surface area contributed by atoms with Gasteiger partial charge in [0.25, 0.3) is 11.8 Å². The molecule has 0 bridgehead atoms. The fourth-order valence-electron chi connectivity index (χ4n) is 3.55. The monoisotopic (exact) mass is 546 g/mol. The topological polar surface area (TPSA) is 88.8 Å². The van der Waals surface area contributed by atoms with E-state index >= 15 is 0 Å². The Morgan fingerprint density at radius 1 is 0.943 bits per heavy atom. The Bertz CT molecular complexity index is 1580. The number of hydrogen-bond acceptors (Lipinski definition) is 6. The molecule has 1 aliphatic rings. The van der Waals surface area contributed by atoms with E-state index in [4.69, 9.17) is 21.4 Å². The third kappa shape index (κ3) is 4.51. The predicted molar refractivity (Wildman–Crippen MR) is 139 cm³/mol. The molecule has 1 saturated heterocycles. The van der Waals surface area contributed by atoms with E-state index in [-0.39, 0.29) is 21.7 Å². The van der Waals surface area contributed by atoms with E-state index in [1.165, 1.54) is 17.2 Å². The van der Waals surface area contributed by atoms with Crippen molar-refractivity contribution in [3.05, 3.63) is 105 Å². The number of anilines is 1. The molecule has 172 valence electrons. The normalized spacial score (nSPS) is 14.9. The molecule has 35 heavy (non-hydrogen) atoms. The summed E-state index contributed by atoms with van der Waals surface area (Å²) in [6.07, 6.45) is 2.44. The molecule has 1 N–H and O–H groups in total. The van der Waals surface area contributed by atoms with Crippen molar-refractivity contribution in [1.29, 1.82) is 0 Å². The Morgan fingerprint density at radius 3 is 2.40 bits per heavy atom. The van der Waals surface area contributed by atoms with Gasteiger partial charge in [-0.2, -0.15) is 0 Å². The third-order valence-corrected chi connectivity index (χ3v) is 6.01. The molecule has 2 heterocycles. The second-order valence-electron chi connectivity index (χ2n) is 7.53. The molecule has 0 unspecified atom stereocenters. The van der Waals surface area contributed by atoms with Gasteiger partial charge in [0.1, 0.15) is 28.9 Å². The van der Waals surface area contributed by atoms with E-state index in [0.29, 0.717) is 32.6 Å². The van der Waals surface area contributed by atoms with Gasteiger partial charge in [0.15, 0.2) is 10.5 Å². The molecule has 0 aliphatic carbocycles. The van der Waals surface area contributed by atoms with Crippen molar-refractivity contribution in [3.8, 4) is 11.5 Å². The third-order valence-electron chi connectivity index (χ3n) is 5.24. The van der Waals surface area contributed by atoms with Gasteiger partial charge in [0, 0.05) is 4.47 Å². The Morgan fingerprint density at radius 2 is 1.66 bits per heavy atom. The molecule has 5 rings (SSSR count). The molecule has 7 nitrogen and oxygen atoms in total. The predicted octanol–water partition coefficient (Wildman–Crippen LogP) is 5.18. The van der Waals surface area contributed by atoms with E-state index in [2.05, 4.69) is 21.2 Å². The van der Waals surface area contributed by atoms with Crippen molar-refractivity contribution in [2.75, 3.05) is 4.90 Å². The molecule has 2 amide bonds. The number of nitrogens with one attached hydrogen (secondary N) is 1. The molecule has 0 spiro atoms. The first-order chi connectivity index (χ1) is 16.9. The van der Waals surface area contributed by atoms with Crippen LogP contribution in [0.3, 0.4) is 0 Å². The van der Waals surface area contributed by atoms with Crippen LogP contribution in [0.2, 0.25) is 0 Å². The number of nitrogens with zero attached hydrogens (tertiary/aromatic N) is 1. The van der Waals surface area contributed by atoms with Gasteiger partial charge in [0.2, 0.25) is 0 Å². The second kappa shape index (κ2) is 9.28. The number of thiocarbonyl (C=S) groups is 1. The maximum absolute atomic E-state index is 13.3. The Hall–Kier alpha value is -4.08. The highest BCUT2D eigenvalue weighted by Gasteiger charge is 2.34. The van der Waals surface area contributed by atoms with E-state index < -0.39 is 11.8 Å². The molecule has 0 saturated carbocycles. The molecule has 4 aromatic rings. The zero-order valence-corrected chi connectivity index (χ0v) is 20.3. The van der Waals surface area contributed by atoms with Crippen LogP contribution < -0.4 is 20.4 Å². The van der Waals surface area contributed by atoms with Gasteiger partial charge in [-0.15, -0.1) is 0 Å². The zero-order valence-electron chi connectivity index (χ0n) is 17.9. The van der Waals surface area contributed by atoms with Crippen LogP contribution in [0.4, 0.5) is 5.69 Å². The molecular formula is C26H15BrN2O5S. The summed E-state index contributed by atoms with van der Waals surface area (Å²) in [4.78, 5) is 40.0. The highest BCUT2D eigenvalue weighted by atomic mass is 79.9. The van der Waals surface area contributed by atoms with E-state index in [0.717, 1.165) is 0 Å². The Balaban J connectivity index is 1.47. The fraction of sp³-hybridized carbons (Fsp3) is 0. The number of rotatable bonds is 4. The number of halogens is 1. The quantitative estimate of drug-likeness (QED) is 0.215. The van der Waals surface area contributed by atoms with Gasteiger partial charge in [-0.05, 0) is 72.9 Å². The molecule has 0 radical (unpaired) electrons. The van der Waals surface area contributed by atoms with Gasteiger partial charge < -0.3 is 9.15 Å². The van der Waals surface area contributed by atoms with Gasteiger partial charge in [-0.1, -0.05) is 34.1 Å². The molecule has 3 aromatic carbocycles. The van der Waals surface area contributed by atoms with Crippen molar-refractivity contribution in [2.24, 2.45) is 0 Å². The number of para-hydroxylation sites is 1. The summed E-state index contributed by atoms with van der Waals surface area (Å²) in [6, 6.07) is 21.0. The smallest absolute Gasteiger partial charge is 0.270 e. The Kier molecular flexibility index (Phi) is 6.02. The van der Waals surface area contributed by atoms with Crippen LogP contribution >= 0.6 is 28.1 Å². The van der Waals surface area contributed by atoms with Crippen LogP contribution in [0, 0.1) is 0 Å². The van der Waals surface area contributed by atoms with Crippen LogP contribution in [0.5, 0.6) is 11.5 Å². The summed E-state index contributed by atoms with van der Waals surface area (Å²) < 4.78 is 12.0. The summed E-state index contributed by atoms with van der Waals surface area (Å²) in [6.45, 7) is 0. The fourth-order valence-corrected chi connectivity index (χ4v) is 4.20. The lowest BCUT2D eigenvalue weighted by Gasteiger charge is -2.29. The van der Waals surface area contributed by atoms with E-state index in [1.807, 2.05) is 30.3 Å². The minimum Gasteiger partial charge on any atom is -0.463 e. The summed E-state index contributed by atoms with van der Waals surface area (Å²) in [5, 5.41) is 2.76. The number of carbonyl (C=O) groups excluding carboxylic acids is 2. The van der Waals surface area contributed by atoms with Crippen molar-refractivity contribution < 1.29 is 18.7 Å². The van der Waals surface area contributed by atoms with Gasteiger partial charge in [-0.25, -0.2) is 0 Å². The van der Waals surface area contributed by atoms with E-state index in [1.54, 1.807) is 42.5 Å². The first kappa shape index (κ1) is 22.7. The van der Waals surface area contributed by atoms with Gasteiger partial charge >= 0.3 is 0 Å². The Labute approximate surface area is 212 Å². The van der Waals surface area contributed by atoms with Crippen molar-refractivity contribution in [1.82, 2.24) is 5.32 Å². The number of carbonyl (C=O) groups is 2. The minimum atomic E-state index is -0.700. The highest BCUT2D eigenvalue weighted by Crippen LogP contribution is 2.27. The van der Waals surface area contributed by atoms with Crippen LogP contribution in [-0.2, 0) is 9.59 Å². The number of hydrogen-bond donors (Lipinski definition) is 1. The summed E-state index contributed by atoms with van der Waals surface area (Å²) >= 11 is 8.58. The number of amides is 2. The van der Waals surface area contributed by atoms with Crippen LogP contribution in [0.25, 0.3) is 17.0 Å². The molecule has 1 fully saturated rings. The van der Waals surface area contributed by atoms with Crippen LogP contribution in [0.1, 0.15) is 5.56 Å². The summed E-state index contributed by atoms with van der Waals surface area (Å²) in [5.41, 5.74) is 0.266. The SMILES string of the molecule is O=C1NC(=S)N(c2ccc(Oc3ccccc3)cc2)C(=O)/C1=C/c1coc2ccc(Br)cc2c1=O. The first-order valence-electron chi connectivity index (χ1n) is 10.4. The average molecular weight is 547 g/mol. The minimum absolute atomic E-state index is 0.0634. The van der Waals surface area contributed by atoms with Gasteiger partial charge in [0.05, 0.1) is 16.6 Å². The number of benzene rings is 3. The first-order valence-corrected chi connectivity index (χ1v) is 11.6. The molecule has 1 aromatic heterocycles. The highest BCUT2D eigenvalue weighted by molar-refractivity contribution is 9.10. The largest absolute Gasteiger partial charge is 0.463 e. The average Bonchev–Trinajstić information content (AvgIpc) is 2.85. The van der Waals surface area contributed by atoms with Crippen molar-refractivity contribution >= 4 is 67.8 Å². The summed E-state index contributed by atoms with van der Waals surface area (Å²) in [5.74, 6) is -0.128. The molecule has 9 heteroatoms. The van der Waals surface area contributed by atoms with Crippen molar-refractivity contribution in [3.63, 3.8) is 0 Å². The second-order valence-corrected chi connectivity index (χ2v) is 8.83. The molecule has 0 atom stereocenters. The maximum Gasteiger partial charge on any atom is 0.270 e. The molecular weight excluding hydrogens is 532 g/mol. The number of ether oxygens (including phenoxy) is 1. The lowest BCUT2D eigenvalue weighted by atomic mass is 10.1. The van der Waals surface area contributed by atoms with Gasteiger partial charge in [-0.3, -0.25) is 24.6 Å². The lowest BCUT2D eigenvalue weighted by Crippen LogP contribution is -2.54. The zero-order chi connectivity index (χ0) is 24.5. The lowest BCUT2D eigenvalue weighted by molar-refractivity contribution is -0.122. The standard InChI is InChI=1S/C26H15BrN2O5S/c27-16-6-11-22-20(13-16)23(30)15(14-33-22)12-21-24(31)28-26(35)29(25(21)32)17-7-9-19(10-8-17)34-18-4-2-1-3-5-18/h1-14H,(H,28,31,35)/b21-12+. The summed E-state index contributed by atoms with van der Waals surface area (Å²) in [7, 11) is 0.